The first-order valence-electron chi connectivity index (χ1n) is 5.42. The van der Waals surface area contributed by atoms with Gasteiger partial charge in [-0.15, -0.1) is 0 Å². The van der Waals surface area contributed by atoms with Crippen LogP contribution in [-0.2, 0) is 6.42 Å². The molecule has 1 aromatic rings. The van der Waals surface area contributed by atoms with Gasteiger partial charge in [0.05, 0.1) is 6.10 Å². The largest absolute Gasteiger partial charge is 0.392 e. The highest BCUT2D eigenvalue weighted by Gasteiger charge is 1.98. The standard InChI is InChI=1S/C12H18N2OS/c1-10(15)9-14-12(16)13-8-7-11-5-3-2-4-6-11/h2-6,10,15H,7-9H2,1H3,(H2,13,14,16)/t10-/m1/s1. The summed E-state index contributed by atoms with van der Waals surface area (Å²) in [5.41, 5.74) is 1.29. The summed E-state index contributed by atoms with van der Waals surface area (Å²) in [6.07, 6.45) is 0.561. The fraction of sp³-hybridized carbons (Fsp3) is 0.417. The Labute approximate surface area is 102 Å². The Balaban J connectivity index is 2.13. The lowest BCUT2D eigenvalue weighted by atomic mass is 10.1. The molecule has 1 aromatic carbocycles. The van der Waals surface area contributed by atoms with Crippen molar-refractivity contribution in [2.24, 2.45) is 0 Å². The molecule has 88 valence electrons. The van der Waals surface area contributed by atoms with E-state index in [0.717, 1.165) is 13.0 Å². The van der Waals surface area contributed by atoms with Crippen molar-refractivity contribution in [1.82, 2.24) is 10.6 Å². The van der Waals surface area contributed by atoms with E-state index in [-0.39, 0.29) is 6.10 Å². The van der Waals surface area contributed by atoms with Gasteiger partial charge in [-0.2, -0.15) is 0 Å². The molecule has 0 aromatic heterocycles. The first kappa shape index (κ1) is 12.9. The lowest BCUT2D eigenvalue weighted by Gasteiger charge is -2.11. The van der Waals surface area contributed by atoms with Gasteiger partial charge in [0.25, 0.3) is 0 Å². The number of rotatable bonds is 5. The SMILES string of the molecule is C[C@@H](O)CNC(=S)NCCc1ccccc1. The molecule has 0 aliphatic rings. The second-order valence-corrected chi connectivity index (χ2v) is 4.13. The van der Waals surface area contributed by atoms with E-state index in [4.69, 9.17) is 17.3 Å². The van der Waals surface area contributed by atoms with Gasteiger partial charge >= 0.3 is 0 Å². The van der Waals surface area contributed by atoms with Crippen LogP contribution in [0.1, 0.15) is 12.5 Å². The second kappa shape index (κ2) is 7.19. The van der Waals surface area contributed by atoms with E-state index in [9.17, 15) is 0 Å². The number of benzene rings is 1. The molecule has 1 rings (SSSR count). The predicted octanol–water partition coefficient (Wildman–Crippen LogP) is 1.07. The number of hydrogen-bond donors (Lipinski definition) is 3. The minimum Gasteiger partial charge on any atom is -0.392 e. The molecule has 0 amide bonds. The molecule has 0 unspecified atom stereocenters. The maximum atomic E-state index is 9.05. The van der Waals surface area contributed by atoms with Crippen molar-refractivity contribution in [3.8, 4) is 0 Å². The monoisotopic (exact) mass is 238 g/mol. The fourth-order valence-corrected chi connectivity index (χ4v) is 1.45. The van der Waals surface area contributed by atoms with Crippen molar-refractivity contribution < 1.29 is 5.11 Å². The van der Waals surface area contributed by atoms with Gasteiger partial charge in [0.15, 0.2) is 5.11 Å². The van der Waals surface area contributed by atoms with Gasteiger partial charge < -0.3 is 15.7 Å². The van der Waals surface area contributed by atoms with Gasteiger partial charge in [-0.3, -0.25) is 0 Å². The molecular weight excluding hydrogens is 220 g/mol. The zero-order valence-corrected chi connectivity index (χ0v) is 10.3. The van der Waals surface area contributed by atoms with Crippen molar-refractivity contribution in [2.45, 2.75) is 19.4 Å². The third kappa shape index (κ3) is 5.68. The number of thiocarbonyl (C=S) groups is 1. The van der Waals surface area contributed by atoms with Crippen LogP contribution in [-0.4, -0.2) is 29.4 Å². The number of nitrogens with one attached hydrogen (secondary N) is 2. The van der Waals surface area contributed by atoms with Gasteiger partial charge in [-0.25, -0.2) is 0 Å². The van der Waals surface area contributed by atoms with Crippen molar-refractivity contribution in [1.29, 1.82) is 0 Å². The van der Waals surface area contributed by atoms with E-state index in [1.807, 2.05) is 18.2 Å². The van der Waals surface area contributed by atoms with Crippen LogP contribution in [0.2, 0.25) is 0 Å². The van der Waals surface area contributed by atoms with E-state index in [0.29, 0.717) is 11.7 Å². The maximum Gasteiger partial charge on any atom is 0.166 e. The zero-order valence-electron chi connectivity index (χ0n) is 9.44. The highest BCUT2D eigenvalue weighted by atomic mass is 32.1. The molecule has 1 atom stereocenters. The molecule has 0 radical (unpaired) electrons. The summed E-state index contributed by atoms with van der Waals surface area (Å²) in [4.78, 5) is 0. The second-order valence-electron chi connectivity index (χ2n) is 3.72. The number of hydrogen-bond acceptors (Lipinski definition) is 2. The van der Waals surface area contributed by atoms with Gasteiger partial charge in [0.1, 0.15) is 0 Å². The average molecular weight is 238 g/mol. The molecule has 0 bridgehead atoms. The fourth-order valence-electron chi connectivity index (χ4n) is 1.27. The summed E-state index contributed by atoms with van der Waals surface area (Å²) in [5, 5.41) is 15.7. The van der Waals surface area contributed by atoms with Crippen LogP contribution in [0.3, 0.4) is 0 Å². The Hall–Kier alpha value is -1.13. The quantitative estimate of drug-likeness (QED) is 0.672. The highest BCUT2D eigenvalue weighted by molar-refractivity contribution is 7.80. The summed E-state index contributed by atoms with van der Waals surface area (Å²) in [6.45, 7) is 3.01. The zero-order chi connectivity index (χ0) is 11.8. The summed E-state index contributed by atoms with van der Waals surface area (Å²) >= 11 is 5.05. The van der Waals surface area contributed by atoms with Crippen LogP contribution in [0, 0.1) is 0 Å². The normalized spacial score (nSPS) is 11.9. The van der Waals surface area contributed by atoms with Crippen molar-refractivity contribution >= 4 is 17.3 Å². The third-order valence-corrected chi connectivity index (χ3v) is 2.39. The summed E-state index contributed by atoms with van der Waals surface area (Å²) in [5.74, 6) is 0. The van der Waals surface area contributed by atoms with E-state index in [2.05, 4.69) is 22.8 Å². The Morgan fingerprint density at radius 2 is 2.00 bits per heavy atom. The lowest BCUT2D eigenvalue weighted by Crippen LogP contribution is -2.39. The van der Waals surface area contributed by atoms with Crippen molar-refractivity contribution in [3.63, 3.8) is 0 Å². The average Bonchev–Trinajstić information content (AvgIpc) is 2.28. The molecule has 0 heterocycles. The van der Waals surface area contributed by atoms with Gasteiger partial charge in [0.2, 0.25) is 0 Å². The maximum absolute atomic E-state index is 9.05. The number of aliphatic hydroxyl groups excluding tert-OH is 1. The first-order chi connectivity index (χ1) is 7.68. The van der Waals surface area contributed by atoms with E-state index in [1.165, 1.54) is 5.56 Å². The Bertz CT molecular complexity index is 314. The minimum atomic E-state index is -0.381. The Morgan fingerprint density at radius 3 is 2.62 bits per heavy atom. The summed E-state index contributed by atoms with van der Waals surface area (Å²) < 4.78 is 0. The summed E-state index contributed by atoms with van der Waals surface area (Å²) in [6, 6.07) is 10.2. The van der Waals surface area contributed by atoms with Crippen LogP contribution in [0.25, 0.3) is 0 Å². The smallest absolute Gasteiger partial charge is 0.166 e. The topological polar surface area (TPSA) is 44.3 Å². The molecule has 0 saturated heterocycles. The van der Waals surface area contributed by atoms with Crippen molar-refractivity contribution in [3.05, 3.63) is 35.9 Å². The minimum absolute atomic E-state index is 0.381. The van der Waals surface area contributed by atoms with E-state index < -0.39 is 0 Å². The molecule has 0 saturated carbocycles. The lowest BCUT2D eigenvalue weighted by molar-refractivity contribution is 0.198. The molecule has 16 heavy (non-hydrogen) atoms. The predicted molar refractivity (Wildman–Crippen MR) is 70.4 cm³/mol. The Kier molecular flexibility index (Phi) is 5.82. The molecular formula is C12H18N2OS. The molecule has 3 N–H and O–H groups in total. The van der Waals surface area contributed by atoms with Gasteiger partial charge in [-0.1, -0.05) is 30.3 Å². The van der Waals surface area contributed by atoms with Gasteiger partial charge in [0, 0.05) is 13.1 Å². The van der Waals surface area contributed by atoms with E-state index in [1.54, 1.807) is 6.92 Å². The molecule has 0 spiro atoms. The molecule has 3 nitrogen and oxygen atoms in total. The van der Waals surface area contributed by atoms with Crippen molar-refractivity contribution in [2.75, 3.05) is 13.1 Å². The molecule has 4 heteroatoms. The third-order valence-electron chi connectivity index (χ3n) is 2.10. The number of aliphatic hydroxyl groups is 1. The van der Waals surface area contributed by atoms with Crippen LogP contribution in [0.4, 0.5) is 0 Å². The van der Waals surface area contributed by atoms with Crippen LogP contribution >= 0.6 is 12.2 Å². The molecule has 0 aliphatic heterocycles. The molecule has 0 aliphatic carbocycles. The highest BCUT2D eigenvalue weighted by Crippen LogP contribution is 1.97. The van der Waals surface area contributed by atoms with Crippen LogP contribution < -0.4 is 10.6 Å². The van der Waals surface area contributed by atoms with Gasteiger partial charge in [-0.05, 0) is 31.1 Å². The Morgan fingerprint density at radius 1 is 1.31 bits per heavy atom. The van der Waals surface area contributed by atoms with E-state index >= 15 is 0 Å². The van der Waals surface area contributed by atoms with Crippen LogP contribution in [0.5, 0.6) is 0 Å². The first-order valence-corrected chi connectivity index (χ1v) is 5.83. The summed E-state index contributed by atoms with van der Waals surface area (Å²) in [7, 11) is 0. The van der Waals surface area contributed by atoms with Crippen LogP contribution in [0.15, 0.2) is 30.3 Å². The molecule has 0 fully saturated rings.